The normalized spacial score (nSPS) is 12.1. The van der Waals surface area contributed by atoms with Crippen LogP contribution >= 0.6 is 11.3 Å². The number of rotatable bonds is 2. The Morgan fingerprint density at radius 3 is 2.47 bits per heavy atom. The third kappa shape index (κ3) is 3.09. The summed E-state index contributed by atoms with van der Waals surface area (Å²) in [5.41, 5.74) is 1.56. The second-order valence-corrected chi connectivity index (χ2v) is 6.75. The molecule has 0 aliphatic heterocycles. The molecule has 0 bridgehead atoms. The minimum absolute atomic E-state index is 0.267. The van der Waals surface area contributed by atoms with Gasteiger partial charge in [-0.2, -0.15) is 0 Å². The van der Waals surface area contributed by atoms with Crippen LogP contribution in [0, 0.1) is 5.41 Å². The van der Waals surface area contributed by atoms with Gasteiger partial charge in [-0.1, -0.05) is 32.9 Å². The van der Waals surface area contributed by atoms with E-state index in [1.807, 2.05) is 6.07 Å². The Kier molecular flexibility index (Phi) is 3.30. The van der Waals surface area contributed by atoms with E-state index in [4.69, 9.17) is 10.0 Å². The van der Waals surface area contributed by atoms with E-state index in [9.17, 15) is 0 Å². The molecule has 0 atom stereocenters. The van der Waals surface area contributed by atoms with Gasteiger partial charge in [0.2, 0.25) is 0 Å². The molecule has 0 aliphatic rings. The second-order valence-electron chi connectivity index (χ2n) is 5.63. The van der Waals surface area contributed by atoms with E-state index in [1.165, 1.54) is 16.9 Å². The van der Waals surface area contributed by atoms with Crippen LogP contribution in [0.5, 0.6) is 0 Å². The topological polar surface area (TPSA) is 40.5 Å². The highest BCUT2D eigenvalue weighted by Crippen LogP contribution is 2.25. The average Bonchev–Trinajstić information content (AvgIpc) is 2.57. The van der Waals surface area contributed by atoms with Crippen molar-refractivity contribution < 1.29 is 10.0 Å². The van der Waals surface area contributed by atoms with E-state index in [0.717, 1.165) is 16.5 Å². The Labute approximate surface area is 106 Å². The van der Waals surface area contributed by atoms with Crippen molar-refractivity contribution in [3.05, 3.63) is 29.8 Å². The molecule has 0 radical (unpaired) electrons. The van der Waals surface area contributed by atoms with Gasteiger partial charge < -0.3 is 10.0 Å². The lowest BCUT2D eigenvalue weighted by Crippen LogP contribution is -2.26. The van der Waals surface area contributed by atoms with E-state index >= 15 is 0 Å². The minimum atomic E-state index is -1.36. The van der Waals surface area contributed by atoms with E-state index in [1.54, 1.807) is 0 Å². The van der Waals surface area contributed by atoms with Gasteiger partial charge in [-0.05, 0) is 34.9 Å². The SMILES string of the molecule is CC(C)(C)Cc1ccc2sc(B(O)O)cc2c1. The van der Waals surface area contributed by atoms with Crippen molar-refractivity contribution in [2.45, 2.75) is 27.2 Å². The van der Waals surface area contributed by atoms with Crippen molar-refractivity contribution in [2.75, 3.05) is 0 Å². The van der Waals surface area contributed by atoms with Gasteiger partial charge in [-0.25, -0.2) is 0 Å². The Bertz CT molecular complexity index is 526. The molecule has 0 aliphatic carbocycles. The third-order valence-corrected chi connectivity index (χ3v) is 3.74. The zero-order valence-electron chi connectivity index (χ0n) is 10.4. The Morgan fingerprint density at radius 2 is 1.88 bits per heavy atom. The highest BCUT2D eigenvalue weighted by Gasteiger charge is 2.16. The number of benzene rings is 1. The van der Waals surface area contributed by atoms with Gasteiger partial charge in [0, 0.05) is 9.48 Å². The number of thiophene rings is 1. The number of hydrogen-bond acceptors (Lipinski definition) is 3. The molecule has 90 valence electrons. The quantitative estimate of drug-likeness (QED) is 0.799. The molecule has 0 unspecified atom stereocenters. The fourth-order valence-electron chi connectivity index (χ4n) is 1.96. The van der Waals surface area contributed by atoms with Crippen molar-refractivity contribution in [3.8, 4) is 0 Å². The Hall–Kier alpha value is -0.835. The van der Waals surface area contributed by atoms with Gasteiger partial charge in [0.25, 0.3) is 0 Å². The van der Waals surface area contributed by atoms with Gasteiger partial charge in [0.05, 0.1) is 0 Å². The van der Waals surface area contributed by atoms with Gasteiger partial charge in [0.1, 0.15) is 0 Å². The van der Waals surface area contributed by atoms with Crippen LogP contribution in [0.15, 0.2) is 24.3 Å². The van der Waals surface area contributed by atoms with Crippen molar-refractivity contribution in [1.82, 2.24) is 0 Å². The molecule has 0 saturated carbocycles. The summed E-state index contributed by atoms with van der Waals surface area (Å²) < 4.78 is 1.71. The second kappa shape index (κ2) is 4.44. The molecule has 1 heterocycles. The first-order valence-electron chi connectivity index (χ1n) is 5.74. The standard InChI is InChI=1S/C13H17BO2S/c1-13(2,3)8-9-4-5-11-10(6-9)7-12(17-11)14(15)16/h4-7,15-16H,8H2,1-3H3. The molecule has 1 aromatic heterocycles. The van der Waals surface area contributed by atoms with Crippen molar-refractivity contribution in [1.29, 1.82) is 0 Å². The molecule has 2 rings (SSSR count). The van der Waals surface area contributed by atoms with Crippen LogP contribution in [0.3, 0.4) is 0 Å². The summed E-state index contributed by atoms with van der Waals surface area (Å²) in [6.45, 7) is 6.65. The first kappa shape index (κ1) is 12.6. The highest BCUT2D eigenvalue weighted by atomic mass is 32.1. The fraction of sp³-hybridized carbons (Fsp3) is 0.385. The van der Waals surface area contributed by atoms with E-state index in [2.05, 4.69) is 39.0 Å². The first-order chi connectivity index (χ1) is 7.85. The zero-order chi connectivity index (χ0) is 12.6. The molecule has 2 aromatic rings. The maximum absolute atomic E-state index is 9.15. The maximum Gasteiger partial charge on any atom is 0.499 e. The summed E-state index contributed by atoms with van der Waals surface area (Å²) in [7, 11) is -1.36. The number of hydrogen-bond donors (Lipinski definition) is 2. The fourth-order valence-corrected chi connectivity index (χ4v) is 2.88. The predicted molar refractivity (Wildman–Crippen MR) is 74.8 cm³/mol. The summed E-state index contributed by atoms with van der Waals surface area (Å²) in [4.78, 5) is 0. The molecular formula is C13H17BO2S. The zero-order valence-corrected chi connectivity index (χ0v) is 11.2. The van der Waals surface area contributed by atoms with Gasteiger partial charge in [-0.3, -0.25) is 0 Å². The van der Waals surface area contributed by atoms with Crippen LogP contribution in [0.4, 0.5) is 0 Å². The average molecular weight is 248 g/mol. The van der Waals surface area contributed by atoms with Gasteiger partial charge in [0.15, 0.2) is 0 Å². The molecule has 17 heavy (non-hydrogen) atoms. The monoisotopic (exact) mass is 248 g/mol. The molecule has 4 heteroatoms. The molecule has 0 spiro atoms. The lowest BCUT2D eigenvalue weighted by Gasteiger charge is -2.17. The summed E-state index contributed by atoms with van der Waals surface area (Å²) in [5.74, 6) is 0. The highest BCUT2D eigenvalue weighted by molar-refractivity contribution is 7.27. The lowest BCUT2D eigenvalue weighted by atomic mass is 9.87. The van der Waals surface area contributed by atoms with Crippen LogP contribution in [-0.4, -0.2) is 17.2 Å². The Morgan fingerprint density at radius 1 is 1.18 bits per heavy atom. The van der Waals surface area contributed by atoms with Crippen LogP contribution in [0.2, 0.25) is 0 Å². The largest absolute Gasteiger partial charge is 0.499 e. The molecule has 0 fully saturated rings. The van der Waals surface area contributed by atoms with Crippen molar-refractivity contribution in [3.63, 3.8) is 0 Å². The van der Waals surface area contributed by atoms with Crippen LogP contribution in [-0.2, 0) is 6.42 Å². The number of fused-ring (bicyclic) bond motifs is 1. The van der Waals surface area contributed by atoms with Gasteiger partial charge >= 0.3 is 7.12 Å². The van der Waals surface area contributed by atoms with Crippen molar-refractivity contribution in [2.24, 2.45) is 5.41 Å². The molecule has 0 saturated heterocycles. The molecule has 0 amide bonds. The van der Waals surface area contributed by atoms with Crippen molar-refractivity contribution >= 4 is 33.3 Å². The molecular weight excluding hydrogens is 231 g/mol. The van der Waals surface area contributed by atoms with E-state index in [0.29, 0.717) is 4.78 Å². The minimum Gasteiger partial charge on any atom is -0.423 e. The maximum atomic E-state index is 9.15. The van der Waals surface area contributed by atoms with Crippen LogP contribution < -0.4 is 4.78 Å². The van der Waals surface area contributed by atoms with Crippen LogP contribution in [0.1, 0.15) is 26.3 Å². The lowest BCUT2D eigenvalue weighted by molar-refractivity contribution is 0.411. The molecule has 2 nitrogen and oxygen atoms in total. The smallest absolute Gasteiger partial charge is 0.423 e. The Balaban J connectivity index is 2.37. The van der Waals surface area contributed by atoms with Gasteiger partial charge in [-0.15, -0.1) is 11.3 Å². The molecule has 2 N–H and O–H groups in total. The summed E-state index contributed by atoms with van der Waals surface area (Å²) in [5, 5.41) is 19.4. The summed E-state index contributed by atoms with van der Waals surface area (Å²) in [6, 6.07) is 8.18. The first-order valence-corrected chi connectivity index (χ1v) is 6.55. The molecule has 1 aromatic carbocycles. The van der Waals surface area contributed by atoms with Crippen LogP contribution in [0.25, 0.3) is 10.1 Å². The van der Waals surface area contributed by atoms with E-state index < -0.39 is 7.12 Å². The third-order valence-electron chi connectivity index (χ3n) is 2.59. The van der Waals surface area contributed by atoms with E-state index in [-0.39, 0.29) is 5.41 Å². The summed E-state index contributed by atoms with van der Waals surface area (Å²) >= 11 is 1.43. The predicted octanol–water partition coefficient (Wildman–Crippen LogP) is 2.17. The summed E-state index contributed by atoms with van der Waals surface area (Å²) in [6.07, 6.45) is 1.02.